The van der Waals surface area contributed by atoms with Crippen LogP contribution in [0.5, 0.6) is 0 Å². The van der Waals surface area contributed by atoms with E-state index in [1.165, 1.54) is 0 Å². The normalized spacial score (nSPS) is 11.5. The number of imidazole rings is 1. The molecule has 0 aliphatic rings. The number of anilines is 1. The highest BCUT2D eigenvalue weighted by molar-refractivity contribution is 7.23. The van der Waals surface area contributed by atoms with E-state index < -0.39 is 0 Å². The monoisotopic (exact) mass is 333 g/mol. The lowest BCUT2D eigenvalue weighted by molar-refractivity contribution is 0.102. The average molecular weight is 333 g/mol. The molecule has 0 saturated heterocycles. The smallest absolute Gasteiger partial charge is 0.275 e. The van der Waals surface area contributed by atoms with Crippen LogP contribution < -0.4 is 5.32 Å². The zero-order chi connectivity index (χ0) is 16.1. The molecule has 0 saturated carbocycles. The van der Waals surface area contributed by atoms with E-state index in [0.29, 0.717) is 5.69 Å². The molecule has 0 bridgehead atoms. The lowest BCUT2D eigenvalue weighted by Crippen LogP contribution is -2.12. The molecule has 3 heterocycles. The second kappa shape index (κ2) is 4.94. The molecule has 5 nitrogen and oxygen atoms in total. The minimum Gasteiger partial charge on any atom is -0.464 e. The number of aromatic nitrogens is 2. The molecule has 0 radical (unpaired) electrons. The van der Waals surface area contributed by atoms with Gasteiger partial charge in [0.25, 0.3) is 5.91 Å². The number of benzene rings is 2. The molecule has 0 unspecified atom stereocenters. The van der Waals surface area contributed by atoms with Gasteiger partial charge in [-0.05, 0) is 36.4 Å². The minimum absolute atomic E-state index is 0.224. The summed E-state index contributed by atoms with van der Waals surface area (Å²) in [4.78, 5) is 17.7. The molecule has 0 aliphatic heterocycles. The molecule has 0 atom stereocenters. The number of para-hydroxylation sites is 1. The van der Waals surface area contributed by atoms with E-state index in [9.17, 15) is 4.79 Å². The van der Waals surface area contributed by atoms with Gasteiger partial charge in [-0.3, -0.25) is 9.20 Å². The highest BCUT2D eigenvalue weighted by Gasteiger charge is 2.14. The van der Waals surface area contributed by atoms with Gasteiger partial charge < -0.3 is 9.73 Å². The molecule has 6 heteroatoms. The number of amides is 1. The van der Waals surface area contributed by atoms with Crippen molar-refractivity contribution in [3.8, 4) is 0 Å². The molecule has 0 aliphatic carbocycles. The van der Waals surface area contributed by atoms with Crippen LogP contribution in [0.1, 0.15) is 10.5 Å². The zero-order valence-corrected chi connectivity index (χ0v) is 13.2. The van der Waals surface area contributed by atoms with Crippen LogP contribution in [0.25, 0.3) is 26.1 Å². The van der Waals surface area contributed by atoms with Gasteiger partial charge in [-0.25, -0.2) is 4.98 Å². The van der Waals surface area contributed by atoms with Crippen LogP contribution in [0.4, 0.5) is 5.69 Å². The standard InChI is InChI=1S/C18H11N3O2S/c22-17(19-12-5-6-15-11(9-12)7-8-23-15)13-10-21-14-3-1-2-4-16(14)24-18(21)20-13/h1-10H,(H,19,22). The Morgan fingerprint density at radius 1 is 1.17 bits per heavy atom. The number of hydrogen-bond acceptors (Lipinski definition) is 4. The van der Waals surface area contributed by atoms with Gasteiger partial charge in [0.1, 0.15) is 11.3 Å². The Kier molecular flexibility index (Phi) is 2.74. The van der Waals surface area contributed by atoms with Crippen molar-refractivity contribution in [3.63, 3.8) is 0 Å². The maximum Gasteiger partial charge on any atom is 0.275 e. The first-order chi connectivity index (χ1) is 11.8. The zero-order valence-electron chi connectivity index (χ0n) is 12.4. The van der Waals surface area contributed by atoms with Gasteiger partial charge in [0.2, 0.25) is 0 Å². The number of rotatable bonds is 2. The van der Waals surface area contributed by atoms with Crippen LogP contribution in [-0.2, 0) is 0 Å². The van der Waals surface area contributed by atoms with Crippen molar-refractivity contribution < 1.29 is 9.21 Å². The first-order valence-electron chi connectivity index (χ1n) is 7.43. The molecule has 5 rings (SSSR count). The summed E-state index contributed by atoms with van der Waals surface area (Å²) < 4.78 is 8.41. The number of furan rings is 1. The van der Waals surface area contributed by atoms with E-state index in [1.807, 2.05) is 46.9 Å². The summed E-state index contributed by atoms with van der Waals surface area (Å²) in [6.07, 6.45) is 3.41. The fourth-order valence-corrected chi connectivity index (χ4v) is 3.81. The van der Waals surface area contributed by atoms with Gasteiger partial charge in [-0.2, -0.15) is 0 Å². The van der Waals surface area contributed by atoms with Crippen molar-refractivity contribution in [2.45, 2.75) is 0 Å². The Bertz CT molecular complexity index is 1210. The number of carbonyl (C=O) groups is 1. The molecular weight excluding hydrogens is 322 g/mol. The Morgan fingerprint density at radius 2 is 2.08 bits per heavy atom. The van der Waals surface area contributed by atoms with Crippen molar-refractivity contribution >= 4 is 49.1 Å². The average Bonchev–Trinajstić information content (AvgIpc) is 3.28. The number of fused-ring (bicyclic) bond motifs is 4. The molecule has 5 aromatic rings. The predicted molar refractivity (Wildman–Crippen MR) is 94.7 cm³/mol. The maximum absolute atomic E-state index is 12.5. The third kappa shape index (κ3) is 2.00. The van der Waals surface area contributed by atoms with Gasteiger partial charge in [-0.15, -0.1) is 0 Å². The maximum atomic E-state index is 12.5. The number of nitrogens with one attached hydrogen (secondary N) is 1. The highest BCUT2D eigenvalue weighted by atomic mass is 32.1. The van der Waals surface area contributed by atoms with Crippen molar-refractivity contribution in [3.05, 3.63) is 66.7 Å². The van der Waals surface area contributed by atoms with Crippen molar-refractivity contribution in [2.75, 3.05) is 5.32 Å². The van der Waals surface area contributed by atoms with Crippen LogP contribution in [-0.4, -0.2) is 15.3 Å². The molecule has 24 heavy (non-hydrogen) atoms. The molecule has 3 aromatic heterocycles. The van der Waals surface area contributed by atoms with Crippen LogP contribution in [0.2, 0.25) is 0 Å². The highest BCUT2D eigenvalue weighted by Crippen LogP contribution is 2.26. The molecule has 1 N–H and O–H groups in total. The molecule has 2 aromatic carbocycles. The summed E-state index contributed by atoms with van der Waals surface area (Å²) in [7, 11) is 0. The topological polar surface area (TPSA) is 59.5 Å². The molecule has 0 spiro atoms. The van der Waals surface area contributed by atoms with E-state index in [4.69, 9.17) is 4.42 Å². The Hall–Kier alpha value is -3.12. The van der Waals surface area contributed by atoms with Crippen LogP contribution in [0.15, 0.2) is 65.4 Å². The SMILES string of the molecule is O=C(Nc1ccc2occc2c1)c1cn2c(n1)sc1ccccc12. The Morgan fingerprint density at radius 3 is 3.04 bits per heavy atom. The Labute approximate surface area is 140 Å². The largest absolute Gasteiger partial charge is 0.464 e. The third-order valence-electron chi connectivity index (χ3n) is 3.94. The Balaban J connectivity index is 1.50. The van der Waals surface area contributed by atoms with Gasteiger partial charge in [-0.1, -0.05) is 23.5 Å². The van der Waals surface area contributed by atoms with E-state index in [0.717, 1.165) is 31.8 Å². The summed E-state index contributed by atoms with van der Waals surface area (Å²) in [5.74, 6) is -0.224. The second-order valence-electron chi connectivity index (χ2n) is 5.48. The number of carbonyl (C=O) groups excluding carboxylic acids is 1. The van der Waals surface area contributed by atoms with Crippen LogP contribution >= 0.6 is 11.3 Å². The summed E-state index contributed by atoms with van der Waals surface area (Å²) in [5, 5.41) is 3.84. The van der Waals surface area contributed by atoms with E-state index in [2.05, 4.69) is 16.4 Å². The molecular formula is C18H11N3O2S. The molecule has 1 amide bonds. The fraction of sp³-hybridized carbons (Fsp3) is 0. The minimum atomic E-state index is -0.224. The summed E-state index contributed by atoms with van der Waals surface area (Å²) in [5.41, 5.74) is 2.97. The van der Waals surface area contributed by atoms with Crippen molar-refractivity contribution in [2.24, 2.45) is 0 Å². The number of nitrogens with zero attached hydrogens (tertiary/aromatic N) is 2. The number of thiazole rings is 1. The first kappa shape index (κ1) is 13.3. The van der Waals surface area contributed by atoms with E-state index in [-0.39, 0.29) is 5.91 Å². The van der Waals surface area contributed by atoms with Crippen molar-refractivity contribution in [1.29, 1.82) is 0 Å². The lowest BCUT2D eigenvalue weighted by atomic mass is 10.2. The quantitative estimate of drug-likeness (QED) is 0.516. The van der Waals surface area contributed by atoms with Crippen LogP contribution in [0.3, 0.4) is 0 Å². The van der Waals surface area contributed by atoms with Gasteiger partial charge in [0.05, 0.1) is 16.5 Å². The molecule has 116 valence electrons. The summed E-state index contributed by atoms with van der Waals surface area (Å²) in [6.45, 7) is 0. The van der Waals surface area contributed by atoms with Crippen LogP contribution in [0, 0.1) is 0 Å². The van der Waals surface area contributed by atoms with Gasteiger partial charge in [0, 0.05) is 17.3 Å². The lowest BCUT2D eigenvalue weighted by Gasteiger charge is -2.02. The van der Waals surface area contributed by atoms with E-state index >= 15 is 0 Å². The van der Waals surface area contributed by atoms with Gasteiger partial charge in [0.15, 0.2) is 4.96 Å². The second-order valence-corrected chi connectivity index (χ2v) is 6.48. The first-order valence-corrected chi connectivity index (χ1v) is 8.25. The third-order valence-corrected chi connectivity index (χ3v) is 4.98. The number of hydrogen-bond donors (Lipinski definition) is 1. The molecule has 0 fully saturated rings. The van der Waals surface area contributed by atoms with Gasteiger partial charge >= 0.3 is 0 Å². The van der Waals surface area contributed by atoms with E-state index in [1.54, 1.807) is 23.8 Å². The van der Waals surface area contributed by atoms with Crippen molar-refractivity contribution in [1.82, 2.24) is 9.38 Å². The predicted octanol–water partition coefficient (Wildman–Crippen LogP) is 4.55. The fourth-order valence-electron chi connectivity index (χ4n) is 2.80. The summed E-state index contributed by atoms with van der Waals surface area (Å²) in [6, 6.07) is 15.5. The summed E-state index contributed by atoms with van der Waals surface area (Å²) >= 11 is 1.57.